The average Bonchev–Trinajstić information content (AvgIpc) is 2.72. The number of unbranched alkanes of at least 4 members (excludes halogenated alkanes) is 1. The van der Waals surface area contributed by atoms with E-state index in [4.69, 9.17) is 16.6 Å². The Balaban J connectivity index is 5.13. The van der Waals surface area contributed by atoms with Gasteiger partial charge in [-0.3, -0.25) is 19.2 Å². The minimum atomic E-state index is -1.18. The van der Waals surface area contributed by atoms with Crippen molar-refractivity contribution in [2.24, 2.45) is 11.5 Å². The van der Waals surface area contributed by atoms with E-state index in [1.807, 2.05) is 12.5 Å². The minimum absolute atomic E-state index is 0.328. The van der Waals surface area contributed by atoms with E-state index in [1.165, 1.54) is 11.8 Å². The van der Waals surface area contributed by atoms with Crippen molar-refractivity contribution >= 4 is 47.2 Å². The first-order chi connectivity index (χ1) is 14.3. The van der Waals surface area contributed by atoms with Crippen molar-refractivity contribution in [2.45, 2.75) is 50.2 Å². The van der Waals surface area contributed by atoms with Crippen molar-refractivity contribution in [3.8, 4) is 0 Å². The van der Waals surface area contributed by atoms with Gasteiger partial charge in [-0.2, -0.15) is 23.5 Å². The Bertz CT molecular complexity index is 553. The summed E-state index contributed by atoms with van der Waals surface area (Å²) in [6.07, 6.45) is 6.25. The fourth-order valence-corrected chi connectivity index (χ4v) is 3.44. The maximum Gasteiger partial charge on any atom is 0.322 e. The predicted octanol–water partition coefficient (Wildman–Crippen LogP) is -0.881. The first kappa shape index (κ1) is 28.5. The van der Waals surface area contributed by atoms with E-state index in [9.17, 15) is 19.2 Å². The lowest BCUT2D eigenvalue weighted by molar-refractivity contribution is -0.138. The van der Waals surface area contributed by atoms with Crippen LogP contribution in [0.25, 0.3) is 0 Å². The van der Waals surface area contributed by atoms with Gasteiger partial charge >= 0.3 is 5.97 Å². The number of rotatable bonds is 17. The molecule has 3 unspecified atom stereocenters. The van der Waals surface area contributed by atoms with Gasteiger partial charge in [-0.1, -0.05) is 0 Å². The van der Waals surface area contributed by atoms with Crippen LogP contribution in [0, 0.1) is 0 Å². The minimum Gasteiger partial charge on any atom is -0.480 e. The van der Waals surface area contributed by atoms with Gasteiger partial charge in [-0.15, -0.1) is 0 Å². The number of amides is 3. The maximum absolute atomic E-state index is 12.8. The van der Waals surface area contributed by atoms with Crippen LogP contribution in [0.5, 0.6) is 0 Å². The zero-order valence-electron chi connectivity index (χ0n) is 17.6. The first-order valence-electron chi connectivity index (χ1n) is 9.80. The van der Waals surface area contributed by atoms with Gasteiger partial charge in [0.15, 0.2) is 0 Å². The molecular weight excluding hydrogens is 430 g/mol. The molecule has 12 heteroatoms. The zero-order valence-corrected chi connectivity index (χ0v) is 19.3. The van der Waals surface area contributed by atoms with Crippen molar-refractivity contribution in [3.05, 3.63) is 0 Å². The second-order valence-corrected chi connectivity index (χ2v) is 8.66. The van der Waals surface area contributed by atoms with Gasteiger partial charge in [-0.25, -0.2) is 0 Å². The summed E-state index contributed by atoms with van der Waals surface area (Å²) in [5.41, 5.74) is 11.4. The van der Waals surface area contributed by atoms with E-state index in [1.54, 1.807) is 11.8 Å². The molecule has 0 aromatic carbocycles. The van der Waals surface area contributed by atoms with Crippen LogP contribution in [0.3, 0.4) is 0 Å². The average molecular weight is 466 g/mol. The third kappa shape index (κ3) is 12.9. The summed E-state index contributed by atoms with van der Waals surface area (Å²) in [6, 6.07) is -2.48. The molecule has 0 aromatic heterocycles. The van der Waals surface area contributed by atoms with Gasteiger partial charge < -0.3 is 32.5 Å². The Kier molecular flexibility index (Phi) is 16.3. The summed E-state index contributed by atoms with van der Waals surface area (Å²) in [5, 5.41) is 16.3. The van der Waals surface area contributed by atoms with E-state index >= 15 is 0 Å². The van der Waals surface area contributed by atoms with Crippen molar-refractivity contribution < 1.29 is 24.3 Å². The molecule has 0 bridgehead atoms. The topological polar surface area (TPSA) is 177 Å². The summed E-state index contributed by atoms with van der Waals surface area (Å²) >= 11 is 3.07. The molecule has 0 saturated heterocycles. The number of thioether (sulfide) groups is 2. The lowest BCUT2D eigenvalue weighted by atomic mass is 10.1. The normalized spacial score (nSPS) is 13.7. The molecule has 0 radical (unpaired) electrons. The fraction of sp³-hybridized carbons (Fsp3) is 0.778. The Hall–Kier alpha value is -1.50. The number of hydrogen-bond donors (Lipinski definition) is 6. The van der Waals surface area contributed by atoms with Gasteiger partial charge in [0.2, 0.25) is 17.7 Å². The van der Waals surface area contributed by atoms with E-state index in [-0.39, 0.29) is 0 Å². The number of carboxylic acids is 1. The fourth-order valence-electron chi connectivity index (χ4n) is 2.48. The lowest BCUT2D eigenvalue weighted by Crippen LogP contribution is -2.56. The highest BCUT2D eigenvalue weighted by atomic mass is 32.2. The van der Waals surface area contributed by atoms with Gasteiger partial charge in [0.25, 0.3) is 0 Å². The highest BCUT2D eigenvalue weighted by Crippen LogP contribution is 2.06. The van der Waals surface area contributed by atoms with Crippen LogP contribution < -0.4 is 27.4 Å². The third-order valence-corrected chi connectivity index (χ3v) is 5.50. The number of carbonyl (C=O) groups excluding carboxylic acids is 3. The van der Waals surface area contributed by atoms with E-state index in [0.29, 0.717) is 44.4 Å². The standard InChI is InChI=1S/C18H35N5O5S2/c1-29-9-6-12(20)16(26)22-13(5-3-4-8-19)18(28)23-14(7-10-30-2)17(27)21-11-15(24)25/h12-14H,3-11,19-20H2,1-2H3,(H,21,27)(H,22,26)(H,23,28)(H,24,25). The van der Waals surface area contributed by atoms with Crippen LogP contribution in [0.4, 0.5) is 0 Å². The summed E-state index contributed by atoms with van der Waals surface area (Å²) in [4.78, 5) is 48.2. The molecule has 0 spiro atoms. The maximum atomic E-state index is 12.8. The number of hydrogen-bond acceptors (Lipinski definition) is 8. The first-order valence-corrected chi connectivity index (χ1v) is 12.6. The highest BCUT2D eigenvalue weighted by Gasteiger charge is 2.27. The Labute approximate surface area is 186 Å². The number of aliphatic carboxylic acids is 1. The monoisotopic (exact) mass is 465 g/mol. The molecule has 30 heavy (non-hydrogen) atoms. The molecule has 0 aliphatic carbocycles. The Morgan fingerprint density at radius 2 is 1.43 bits per heavy atom. The van der Waals surface area contributed by atoms with E-state index in [2.05, 4.69) is 16.0 Å². The summed E-state index contributed by atoms with van der Waals surface area (Å²) < 4.78 is 0. The van der Waals surface area contributed by atoms with Crippen LogP contribution in [0.2, 0.25) is 0 Å². The summed E-state index contributed by atoms with van der Waals surface area (Å²) in [5.74, 6) is -1.37. The van der Waals surface area contributed by atoms with Crippen molar-refractivity contribution in [1.29, 1.82) is 0 Å². The van der Waals surface area contributed by atoms with Crippen LogP contribution in [0.1, 0.15) is 32.1 Å². The highest BCUT2D eigenvalue weighted by molar-refractivity contribution is 7.98. The van der Waals surface area contributed by atoms with Crippen molar-refractivity contribution in [2.75, 3.05) is 37.1 Å². The molecule has 10 nitrogen and oxygen atoms in total. The Morgan fingerprint density at radius 3 is 2.00 bits per heavy atom. The molecule has 0 saturated carbocycles. The van der Waals surface area contributed by atoms with Crippen LogP contribution in [0.15, 0.2) is 0 Å². The van der Waals surface area contributed by atoms with Crippen molar-refractivity contribution in [1.82, 2.24) is 16.0 Å². The molecule has 0 fully saturated rings. The molecule has 0 aliphatic rings. The molecule has 0 aliphatic heterocycles. The third-order valence-electron chi connectivity index (χ3n) is 4.21. The second kappa shape index (κ2) is 17.2. The Morgan fingerprint density at radius 1 is 0.867 bits per heavy atom. The number of carbonyl (C=O) groups is 4. The van der Waals surface area contributed by atoms with E-state index in [0.717, 1.165) is 5.75 Å². The molecule has 174 valence electrons. The molecular formula is C18H35N5O5S2. The zero-order chi connectivity index (χ0) is 22.9. The SMILES string of the molecule is CSCCC(N)C(=O)NC(CCCCN)C(=O)NC(CCSC)C(=O)NCC(=O)O. The van der Waals surface area contributed by atoms with Crippen LogP contribution >= 0.6 is 23.5 Å². The molecule has 0 rings (SSSR count). The van der Waals surface area contributed by atoms with Gasteiger partial charge in [0.1, 0.15) is 18.6 Å². The van der Waals surface area contributed by atoms with Crippen LogP contribution in [-0.2, 0) is 19.2 Å². The number of nitrogens with one attached hydrogen (secondary N) is 3. The number of nitrogens with two attached hydrogens (primary N) is 2. The smallest absolute Gasteiger partial charge is 0.322 e. The van der Waals surface area contributed by atoms with E-state index < -0.39 is 48.4 Å². The molecule has 3 amide bonds. The largest absolute Gasteiger partial charge is 0.480 e. The predicted molar refractivity (Wildman–Crippen MR) is 121 cm³/mol. The lowest BCUT2D eigenvalue weighted by Gasteiger charge is -2.24. The molecule has 0 heterocycles. The summed E-state index contributed by atoms with van der Waals surface area (Å²) in [7, 11) is 0. The number of carboxylic acid groups (broad SMARTS) is 1. The van der Waals surface area contributed by atoms with Crippen LogP contribution in [-0.4, -0.2) is 84.0 Å². The molecule has 8 N–H and O–H groups in total. The van der Waals surface area contributed by atoms with Gasteiger partial charge in [-0.05, 0) is 62.7 Å². The molecule has 3 atom stereocenters. The quantitative estimate of drug-likeness (QED) is 0.149. The van der Waals surface area contributed by atoms with Crippen molar-refractivity contribution in [3.63, 3.8) is 0 Å². The van der Waals surface area contributed by atoms with Gasteiger partial charge in [0, 0.05) is 0 Å². The summed E-state index contributed by atoms with van der Waals surface area (Å²) in [6.45, 7) is -0.0745. The van der Waals surface area contributed by atoms with Gasteiger partial charge in [0.05, 0.1) is 6.04 Å². The second-order valence-electron chi connectivity index (χ2n) is 6.69. The molecule has 0 aromatic rings.